The fourth-order valence-corrected chi connectivity index (χ4v) is 3.13. The highest BCUT2D eigenvalue weighted by Crippen LogP contribution is 2.34. The number of carbonyl (C=O) groups is 1. The van der Waals surface area contributed by atoms with E-state index in [-0.39, 0.29) is 27.5 Å². The van der Waals surface area contributed by atoms with E-state index in [1.54, 1.807) is 6.92 Å². The molecule has 0 bridgehead atoms. The van der Waals surface area contributed by atoms with Crippen molar-refractivity contribution in [3.05, 3.63) is 39.7 Å². The Morgan fingerprint density at radius 3 is 2.68 bits per heavy atom. The Balaban J connectivity index is 2.33. The van der Waals surface area contributed by atoms with Crippen LogP contribution in [0.25, 0.3) is 10.9 Å². The summed E-state index contributed by atoms with van der Waals surface area (Å²) in [4.78, 5) is 23.1. The molecule has 3 rings (SSSR count). The smallest absolute Gasteiger partial charge is 0.341 e. The third kappa shape index (κ3) is 2.76. The van der Waals surface area contributed by atoms with Crippen LogP contribution in [0, 0.1) is 11.6 Å². The Hall–Kier alpha value is -2.82. The van der Waals surface area contributed by atoms with E-state index in [2.05, 4.69) is 15.5 Å². The van der Waals surface area contributed by atoms with Crippen LogP contribution in [-0.2, 0) is 13.6 Å². The number of fused-ring (bicyclic) bond motifs is 1. The van der Waals surface area contributed by atoms with Crippen LogP contribution in [0.2, 0.25) is 0 Å². The number of halogens is 2. The van der Waals surface area contributed by atoms with E-state index in [9.17, 15) is 18.4 Å². The zero-order chi connectivity index (χ0) is 18.3. The highest BCUT2D eigenvalue weighted by molar-refractivity contribution is 7.99. The fraction of sp³-hybridized carbons (Fsp3) is 0.214. The number of carboxylic acids is 1. The molecule has 2 aromatic heterocycles. The maximum atomic E-state index is 15.0. The first-order valence-corrected chi connectivity index (χ1v) is 7.85. The van der Waals surface area contributed by atoms with Crippen molar-refractivity contribution in [2.75, 3.05) is 0 Å². The molecule has 0 unspecified atom stereocenters. The molecule has 0 radical (unpaired) electrons. The number of benzene rings is 1. The zero-order valence-electron chi connectivity index (χ0n) is 13.0. The molecule has 0 saturated carbocycles. The summed E-state index contributed by atoms with van der Waals surface area (Å²) in [5.74, 6) is -3.43. The van der Waals surface area contributed by atoms with E-state index < -0.39 is 28.6 Å². The molecule has 3 aromatic rings. The maximum Gasteiger partial charge on any atom is 0.341 e. The van der Waals surface area contributed by atoms with Crippen molar-refractivity contribution in [3.8, 4) is 0 Å². The largest absolute Gasteiger partial charge is 0.477 e. The number of hydrogen-bond acceptors (Lipinski definition) is 6. The first-order chi connectivity index (χ1) is 11.8. The Morgan fingerprint density at radius 2 is 2.12 bits per heavy atom. The molecule has 130 valence electrons. The van der Waals surface area contributed by atoms with Gasteiger partial charge < -0.3 is 9.67 Å². The van der Waals surface area contributed by atoms with Gasteiger partial charge in [-0.15, -0.1) is 5.10 Å². The van der Waals surface area contributed by atoms with Gasteiger partial charge in [-0.2, -0.15) is 0 Å². The summed E-state index contributed by atoms with van der Waals surface area (Å²) in [6.07, 6.45) is 1.05. The summed E-state index contributed by atoms with van der Waals surface area (Å²) in [5.41, 5.74) is -1.66. The quantitative estimate of drug-likeness (QED) is 0.748. The summed E-state index contributed by atoms with van der Waals surface area (Å²) in [5, 5.41) is 19.6. The molecule has 0 aliphatic heterocycles. The lowest BCUT2D eigenvalue weighted by Gasteiger charge is -2.13. The highest BCUT2D eigenvalue weighted by Gasteiger charge is 2.23. The topological polar surface area (TPSA) is 103 Å². The molecular formula is C14H11F2N5O3S. The van der Waals surface area contributed by atoms with Crippen molar-refractivity contribution in [1.29, 1.82) is 0 Å². The van der Waals surface area contributed by atoms with Gasteiger partial charge >= 0.3 is 5.97 Å². The van der Waals surface area contributed by atoms with Gasteiger partial charge in [-0.1, -0.05) is 0 Å². The van der Waals surface area contributed by atoms with Crippen molar-refractivity contribution < 1.29 is 18.7 Å². The minimum atomic E-state index is -1.46. The van der Waals surface area contributed by atoms with Gasteiger partial charge in [0, 0.05) is 19.8 Å². The first kappa shape index (κ1) is 17.0. The number of hydrogen-bond donors (Lipinski definition) is 1. The van der Waals surface area contributed by atoms with E-state index in [1.807, 2.05) is 0 Å². The van der Waals surface area contributed by atoms with Crippen molar-refractivity contribution in [2.45, 2.75) is 23.5 Å². The van der Waals surface area contributed by atoms with Crippen molar-refractivity contribution in [2.24, 2.45) is 7.05 Å². The van der Waals surface area contributed by atoms with Gasteiger partial charge in [-0.3, -0.25) is 4.79 Å². The molecular weight excluding hydrogens is 356 g/mol. The summed E-state index contributed by atoms with van der Waals surface area (Å²) in [6.45, 7) is 1.84. The summed E-state index contributed by atoms with van der Waals surface area (Å²) in [6, 6.07) is 0.839. The number of tetrazole rings is 1. The molecule has 0 atom stereocenters. The third-order valence-electron chi connectivity index (χ3n) is 3.56. The molecule has 0 fully saturated rings. The predicted octanol–water partition coefficient (Wildman–Crippen LogP) is 1.67. The molecule has 2 heterocycles. The highest BCUT2D eigenvalue weighted by atomic mass is 32.2. The van der Waals surface area contributed by atoms with Crippen LogP contribution >= 0.6 is 11.8 Å². The summed E-state index contributed by atoms with van der Waals surface area (Å²) >= 11 is 0.670. The Morgan fingerprint density at radius 1 is 1.40 bits per heavy atom. The molecule has 0 aliphatic rings. The van der Waals surface area contributed by atoms with Crippen LogP contribution in [0.5, 0.6) is 0 Å². The van der Waals surface area contributed by atoms with E-state index in [0.717, 1.165) is 12.3 Å². The normalized spacial score (nSPS) is 11.2. The molecule has 0 aliphatic carbocycles. The molecule has 11 heteroatoms. The number of aromatic nitrogens is 5. The van der Waals surface area contributed by atoms with E-state index in [1.165, 1.54) is 16.3 Å². The number of aromatic carboxylic acids is 1. The molecule has 25 heavy (non-hydrogen) atoms. The monoisotopic (exact) mass is 367 g/mol. The molecule has 0 amide bonds. The van der Waals surface area contributed by atoms with Crippen LogP contribution in [-0.4, -0.2) is 35.9 Å². The number of nitrogens with zero attached hydrogens (tertiary/aromatic N) is 5. The van der Waals surface area contributed by atoms with E-state index in [0.29, 0.717) is 11.8 Å². The average molecular weight is 367 g/mol. The lowest BCUT2D eigenvalue weighted by atomic mass is 10.1. The van der Waals surface area contributed by atoms with E-state index in [4.69, 9.17) is 5.11 Å². The van der Waals surface area contributed by atoms with Crippen LogP contribution in [0.3, 0.4) is 0 Å². The molecule has 0 spiro atoms. The van der Waals surface area contributed by atoms with Gasteiger partial charge in [0.25, 0.3) is 0 Å². The van der Waals surface area contributed by atoms with Crippen LogP contribution in [0.15, 0.2) is 27.1 Å². The standard InChI is InChI=1S/C14H11F2N5O3S/c1-3-21-5-7(13(23)24)11(22)6-4-8(15)12(9(16)10(6)21)25-14-17-18-19-20(14)2/h4-5H,3H2,1-2H3,(H,23,24). The zero-order valence-corrected chi connectivity index (χ0v) is 13.8. The fourth-order valence-electron chi connectivity index (χ4n) is 2.36. The average Bonchev–Trinajstić information content (AvgIpc) is 2.97. The maximum absolute atomic E-state index is 15.0. The lowest BCUT2D eigenvalue weighted by molar-refractivity contribution is 0.0695. The molecule has 1 N–H and O–H groups in total. The van der Waals surface area contributed by atoms with Gasteiger partial charge in [0.1, 0.15) is 11.4 Å². The third-order valence-corrected chi connectivity index (χ3v) is 4.66. The second kappa shape index (κ2) is 6.24. The van der Waals surface area contributed by atoms with Crippen LogP contribution in [0.4, 0.5) is 8.78 Å². The van der Waals surface area contributed by atoms with Gasteiger partial charge in [-0.25, -0.2) is 18.3 Å². The van der Waals surface area contributed by atoms with Gasteiger partial charge in [-0.05, 0) is 35.2 Å². The Kier molecular flexibility index (Phi) is 4.25. The second-order valence-electron chi connectivity index (χ2n) is 5.05. The number of carboxylic acid groups (broad SMARTS) is 1. The molecule has 8 nitrogen and oxygen atoms in total. The number of aryl methyl sites for hydroxylation is 2. The van der Waals surface area contributed by atoms with Gasteiger partial charge in [0.2, 0.25) is 10.6 Å². The first-order valence-electron chi connectivity index (χ1n) is 7.03. The van der Waals surface area contributed by atoms with Crippen molar-refractivity contribution in [3.63, 3.8) is 0 Å². The van der Waals surface area contributed by atoms with Crippen molar-refractivity contribution in [1.82, 2.24) is 24.8 Å². The predicted molar refractivity (Wildman–Crippen MR) is 83.7 cm³/mol. The Bertz CT molecular complexity index is 1060. The Labute approximate surface area is 143 Å². The van der Waals surface area contributed by atoms with Gasteiger partial charge in [0.15, 0.2) is 5.82 Å². The minimum absolute atomic E-state index is 0.157. The van der Waals surface area contributed by atoms with Crippen molar-refractivity contribution >= 4 is 28.6 Å². The lowest BCUT2D eigenvalue weighted by Crippen LogP contribution is -2.20. The van der Waals surface area contributed by atoms with Gasteiger partial charge in [0.05, 0.1) is 15.8 Å². The molecule has 0 saturated heterocycles. The SMILES string of the molecule is CCn1cc(C(=O)O)c(=O)c2cc(F)c(Sc3nnnn3C)c(F)c21. The van der Waals surface area contributed by atoms with E-state index >= 15 is 0 Å². The summed E-state index contributed by atoms with van der Waals surface area (Å²) in [7, 11) is 1.51. The number of pyridine rings is 1. The summed E-state index contributed by atoms with van der Waals surface area (Å²) < 4.78 is 31.9. The second-order valence-corrected chi connectivity index (χ2v) is 6.03. The number of rotatable bonds is 4. The van der Waals surface area contributed by atoms with Crippen LogP contribution in [0.1, 0.15) is 17.3 Å². The molecule has 1 aromatic carbocycles. The van der Waals surface area contributed by atoms with Crippen LogP contribution < -0.4 is 5.43 Å². The minimum Gasteiger partial charge on any atom is -0.477 e.